The molecule has 4 nitrogen and oxygen atoms in total. The number of hydrogen-bond acceptors (Lipinski definition) is 2. The van der Waals surface area contributed by atoms with Gasteiger partial charge in [-0.15, -0.1) is 0 Å². The quantitative estimate of drug-likeness (QED) is 0.833. The molecule has 0 heterocycles. The lowest BCUT2D eigenvalue weighted by Crippen LogP contribution is -2.38. The van der Waals surface area contributed by atoms with Crippen molar-refractivity contribution in [2.24, 2.45) is 0 Å². The fourth-order valence-corrected chi connectivity index (χ4v) is 2.68. The van der Waals surface area contributed by atoms with Crippen molar-refractivity contribution in [2.75, 3.05) is 18.0 Å². The number of aryl methyl sites for hydroxylation is 1. The van der Waals surface area contributed by atoms with Gasteiger partial charge in [-0.25, -0.2) is 0 Å². The number of nitrogens with zero attached hydrogens (tertiary/aromatic N) is 1. The molecule has 0 unspecified atom stereocenters. The summed E-state index contributed by atoms with van der Waals surface area (Å²) in [4.78, 5) is 25.2. The Bertz CT molecular complexity index is 802. The molecule has 0 saturated heterocycles. The molecule has 0 bridgehead atoms. The van der Waals surface area contributed by atoms with E-state index >= 15 is 0 Å². The van der Waals surface area contributed by atoms with Crippen LogP contribution in [0.5, 0.6) is 0 Å². The Labute approximate surface area is 156 Å². The Balaban J connectivity index is 1.93. The predicted molar refractivity (Wildman–Crippen MR) is 97.4 cm³/mol. The van der Waals surface area contributed by atoms with Gasteiger partial charge in [-0.2, -0.15) is 13.2 Å². The van der Waals surface area contributed by atoms with Gasteiger partial charge in [-0.1, -0.05) is 29.8 Å². The maximum Gasteiger partial charge on any atom is 0.416 e. The first kappa shape index (κ1) is 20.5. The monoisotopic (exact) mass is 378 g/mol. The number of carbonyl (C=O) groups excluding carboxylic acids is 2. The number of amides is 2. The molecule has 27 heavy (non-hydrogen) atoms. The third kappa shape index (κ3) is 6.13. The minimum Gasteiger partial charge on any atom is -0.354 e. The summed E-state index contributed by atoms with van der Waals surface area (Å²) in [5.41, 5.74) is 1.52. The van der Waals surface area contributed by atoms with Gasteiger partial charge in [-0.3, -0.25) is 9.59 Å². The van der Waals surface area contributed by atoms with Crippen LogP contribution in [-0.4, -0.2) is 24.9 Å². The van der Waals surface area contributed by atoms with Crippen molar-refractivity contribution >= 4 is 17.5 Å². The summed E-state index contributed by atoms with van der Waals surface area (Å²) >= 11 is 0. The summed E-state index contributed by atoms with van der Waals surface area (Å²) in [6.45, 7) is 3.63. The first-order valence-corrected chi connectivity index (χ1v) is 8.44. The zero-order valence-corrected chi connectivity index (χ0v) is 15.1. The number of nitrogens with one attached hydrogen (secondary N) is 1. The van der Waals surface area contributed by atoms with E-state index in [9.17, 15) is 22.8 Å². The van der Waals surface area contributed by atoms with E-state index in [2.05, 4.69) is 5.32 Å². The second-order valence-electron chi connectivity index (χ2n) is 6.23. The predicted octanol–water partition coefficient (Wildman–Crippen LogP) is 3.73. The lowest BCUT2D eigenvalue weighted by molar-refractivity contribution is -0.137. The summed E-state index contributed by atoms with van der Waals surface area (Å²) in [5, 5.41) is 2.73. The van der Waals surface area contributed by atoms with Crippen LogP contribution in [0.1, 0.15) is 23.6 Å². The van der Waals surface area contributed by atoms with Crippen LogP contribution in [0.3, 0.4) is 0 Å². The molecule has 0 aliphatic heterocycles. The van der Waals surface area contributed by atoms with Crippen LogP contribution in [0.4, 0.5) is 18.9 Å². The molecule has 144 valence electrons. The number of hydrogen-bond donors (Lipinski definition) is 1. The van der Waals surface area contributed by atoms with Crippen molar-refractivity contribution in [1.82, 2.24) is 5.32 Å². The van der Waals surface area contributed by atoms with Crippen LogP contribution < -0.4 is 10.2 Å². The Hall–Kier alpha value is -2.83. The van der Waals surface area contributed by atoms with Crippen molar-refractivity contribution in [2.45, 2.75) is 26.4 Å². The maximum absolute atomic E-state index is 12.6. The lowest BCUT2D eigenvalue weighted by Gasteiger charge is -2.22. The highest BCUT2D eigenvalue weighted by Crippen LogP contribution is 2.30. The zero-order valence-electron chi connectivity index (χ0n) is 15.1. The van der Waals surface area contributed by atoms with E-state index in [4.69, 9.17) is 0 Å². The number of anilines is 1. The van der Waals surface area contributed by atoms with Crippen molar-refractivity contribution in [3.05, 3.63) is 65.2 Å². The molecule has 0 aromatic heterocycles. The van der Waals surface area contributed by atoms with Crippen molar-refractivity contribution in [3.63, 3.8) is 0 Å². The molecule has 0 fully saturated rings. The summed E-state index contributed by atoms with van der Waals surface area (Å²) < 4.78 is 37.9. The summed E-state index contributed by atoms with van der Waals surface area (Å²) in [6, 6.07) is 12.0. The van der Waals surface area contributed by atoms with Crippen LogP contribution in [0, 0.1) is 6.92 Å². The largest absolute Gasteiger partial charge is 0.416 e. The number of carbonyl (C=O) groups is 2. The van der Waals surface area contributed by atoms with Gasteiger partial charge < -0.3 is 10.2 Å². The Morgan fingerprint density at radius 1 is 1.07 bits per heavy atom. The molecule has 0 spiro atoms. The van der Waals surface area contributed by atoms with Gasteiger partial charge in [0.1, 0.15) is 0 Å². The molecule has 0 atom stereocenters. The van der Waals surface area contributed by atoms with Gasteiger partial charge in [0.2, 0.25) is 11.8 Å². The minimum atomic E-state index is -4.43. The molecule has 7 heteroatoms. The number of rotatable bonds is 6. The average molecular weight is 378 g/mol. The number of alkyl halides is 3. The molecular formula is C20H21F3N2O2. The third-order valence-corrected chi connectivity index (χ3v) is 3.99. The van der Waals surface area contributed by atoms with E-state index < -0.39 is 11.7 Å². The van der Waals surface area contributed by atoms with Crippen LogP contribution >= 0.6 is 0 Å². The fraction of sp³-hybridized carbons (Fsp3) is 0.300. The molecule has 1 N–H and O–H groups in total. The first-order chi connectivity index (χ1) is 12.7. The summed E-state index contributed by atoms with van der Waals surface area (Å²) in [5.74, 6) is -0.501. The highest BCUT2D eigenvalue weighted by molar-refractivity contribution is 5.91. The normalized spacial score (nSPS) is 11.1. The van der Waals surface area contributed by atoms with E-state index in [0.717, 1.165) is 23.3 Å². The van der Waals surface area contributed by atoms with E-state index in [1.165, 1.54) is 24.0 Å². The van der Waals surface area contributed by atoms with Crippen LogP contribution in [0.25, 0.3) is 0 Å². The molecule has 0 aliphatic rings. The van der Waals surface area contributed by atoms with Crippen molar-refractivity contribution in [3.8, 4) is 0 Å². The second-order valence-corrected chi connectivity index (χ2v) is 6.23. The zero-order chi connectivity index (χ0) is 20.0. The van der Waals surface area contributed by atoms with Crippen LogP contribution in [-0.2, 0) is 22.2 Å². The SMILES string of the molecule is CC(=O)N(CCNC(=O)Cc1cccc(C)c1)c1ccc(C(F)(F)F)cc1. The Kier molecular flexibility index (Phi) is 6.60. The fourth-order valence-electron chi connectivity index (χ4n) is 2.68. The summed E-state index contributed by atoms with van der Waals surface area (Å²) in [7, 11) is 0. The highest BCUT2D eigenvalue weighted by Gasteiger charge is 2.30. The lowest BCUT2D eigenvalue weighted by atomic mass is 10.1. The average Bonchev–Trinajstić information content (AvgIpc) is 2.58. The smallest absolute Gasteiger partial charge is 0.354 e. The number of benzene rings is 2. The molecule has 0 radical (unpaired) electrons. The van der Waals surface area contributed by atoms with Gasteiger partial charge in [0.05, 0.1) is 12.0 Å². The molecule has 0 saturated carbocycles. The maximum atomic E-state index is 12.6. The van der Waals surface area contributed by atoms with Gasteiger partial charge in [0.15, 0.2) is 0 Å². The standard InChI is InChI=1S/C20H21F3N2O2/c1-14-4-3-5-16(12-14)13-19(27)24-10-11-25(15(2)26)18-8-6-17(7-9-18)20(21,22)23/h3-9,12H,10-11,13H2,1-2H3,(H,24,27). The molecular weight excluding hydrogens is 357 g/mol. The second kappa shape index (κ2) is 8.70. The van der Waals surface area contributed by atoms with Crippen molar-refractivity contribution < 1.29 is 22.8 Å². The number of halogens is 3. The van der Waals surface area contributed by atoms with Crippen molar-refractivity contribution in [1.29, 1.82) is 0 Å². The van der Waals surface area contributed by atoms with Gasteiger partial charge in [-0.05, 0) is 36.8 Å². The molecule has 2 aromatic carbocycles. The van der Waals surface area contributed by atoms with Crippen LogP contribution in [0.15, 0.2) is 48.5 Å². The topological polar surface area (TPSA) is 49.4 Å². The summed E-state index contributed by atoms with van der Waals surface area (Å²) in [6.07, 6.45) is -4.20. The van der Waals surface area contributed by atoms with E-state index in [-0.39, 0.29) is 31.3 Å². The Morgan fingerprint density at radius 3 is 2.30 bits per heavy atom. The highest BCUT2D eigenvalue weighted by atomic mass is 19.4. The Morgan fingerprint density at radius 2 is 1.74 bits per heavy atom. The van der Waals surface area contributed by atoms with Gasteiger partial charge in [0, 0.05) is 25.7 Å². The van der Waals surface area contributed by atoms with Gasteiger partial charge >= 0.3 is 6.18 Å². The van der Waals surface area contributed by atoms with E-state index in [1.807, 2.05) is 31.2 Å². The molecule has 0 aliphatic carbocycles. The van der Waals surface area contributed by atoms with E-state index in [0.29, 0.717) is 5.69 Å². The van der Waals surface area contributed by atoms with Gasteiger partial charge in [0.25, 0.3) is 0 Å². The minimum absolute atomic E-state index is 0.167. The molecule has 2 amide bonds. The third-order valence-electron chi connectivity index (χ3n) is 3.99. The van der Waals surface area contributed by atoms with E-state index in [1.54, 1.807) is 0 Å². The molecule has 2 rings (SSSR count). The van der Waals surface area contributed by atoms with Crippen LogP contribution in [0.2, 0.25) is 0 Å². The first-order valence-electron chi connectivity index (χ1n) is 8.44. The molecule has 2 aromatic rings.